The zero-order valence-corrected chi connectivity index (χ0v) is 11.3. The molecule has 0 aromatic rings. The normalized spacial score (nSPS) is 12.1. The molecule has 0 aliphatic heterocycles. The van der Waals surface area contributed by atoms with Crippen molar-refractivity contribution in [2.24, 2.45) is 0 Å². The zero-order chi connectivity index (χ0) is 11.7. The number of rotatable bonds is 2. The third-order valence-electron chi connectivity index (χ3n) is 0.862. The van der Waals surface area contributed by atoms with Crippen LogP contribution in [0.25, 0.3) is 0 Å². The molecule has 0 spiro atoms. The molecule has 0 aromatic heterocycles. The molecule has 0 heterocycles. The van der Waals surface area contributed by atoms with Crippen LogP contribution in [0.5, 0.6) is 0 Å². The Hall–Kier alpha value is -0.597. The third-order valence-corrected chi connectivity index (χ3v) is 0.862. The molecule has 0 fully saturated rings. The first-order valence-corrected chi connectivity index (χ1v) is 3.43. The van der Waals surface area contributed by atoms with Crippen molar-refractivity contribution in [1.82, 2.24) is 0 Å². The summed E-state index contributed by atoms with van der Waals surface area (Å²) >= 11 is 0. The maximum absolute atomic E-state index is 9.79. The first-order valence-electron chi connectivity index (χ1n) is 3.43. The number of hydrogen-bond donors (Lipinski definition) is 4. The zero-order valence-electron chi connectivity index (χ0n) is 8.28. The molecule has 8 nitrogen and oxygen atoms in total. The van der Waals surface area contributed by atoms with Crippen LogP contribution in [0.3, 0.4) is 0 Å². The standard InChI is InChI=1S/2C3H6O4.Zn/c2*1-2(4)3(5)7-6;/h2*2,4,6H,1H3;/t2*2-;/m00./s1. The predicted octanol–water partition coefficient (Wildman–Crippen LogP) is -1.24. The van der Waals surface area contributed by atoms with Gasteiger partial charge in [-0.15, -0.1) is 0 Å². The molecule has 4 N–H and O–H groups in total. The summed E-state index contributed by atoms with van der Waals surface area (Å²) in [5.41, 5.74) is 0. The van der Waals surface area contributed by atoms with Gasteiger partial charge >= 0.3 is 11.9 Å². The topological polar surface area (TPSA) is 134 Å². The van der Waals surface area contributed by atoms with Crippen molar-refractivity contribution >= 4 is 11.9 Å². The maximum Gasteiger partial charge on any atom is 0.369 e. The first-order chi connectivity index (χ1) is 6.36. The van der Waals surface area contributed by atoms with E-state index in [1.54, 1.807) is 0 Å². The summed E-state index contributed by atoms with van der Waals surface area (Å²) in [5, 5.41) is 31.4. The van der Waals surface area contributed by atoms with E-state index in [4.69, 9.17) is 20.7 Å². The summed E-state index contributed by atoms with van der Waals surface area (Å²) in [6.07, 6.45) is -2.49. The van der Waals surface area contributed by atoms with Gasteiger partial charge in [0.05, 0.1) is 0 Å². The third kappa shape index (κ3) is 13.4. The summed E-state index contributed by atoms with van der Waals surface area (Å²) in [4.78, 5) is 25.8. The van der Waals surface area contributed by atoms with E-state index in [9.17, 15) is 9.59 Å². The Bertz CT molecular complexity index is 160. The van der Waals surface area contributed by atoms with Crippen LogP contribution in [0.15, 0.2) is 0 Å². The molecule has 0 aromatic carbocycles. The molecular weight excluding hydrogens is 265 g/mol. The molecule has 0 bridgehead atoms. The van der Waals surface area contributed by atoms with E-state index in [0.29, 0.717) is 0 Å². The summed E-state index contributed by atoms with van der Waals surface area (Å²) in [6.45, 7) is 2.39. The average Bonchev–Trinajstić information content (AvgIpc) is 2.15. The van der Waals surface area contributed by atoms with Gasteiger partial charge in [-0.05, 0) is 13.8 Å². The SMILES string of the molecule is C[C@H](O)C(=O)OO.C[C@H](O)C(=O)OO.[Zn]. The van der Waals surface area contributed by atoms with Crippen molar-refractivity contribution in [2.75, 3.05) is 0 Å². The fourth-order valence-electron chi connectivity index (χ4n) is 0.153. The van der Waals surface area contributed by atoms with Crippen LogP contribution < -0.4 is 0 Å². The quantitative estimate of drug-likeness (QED) is 0.280. The molecule has 0 aliphatic rings. The molecule has 0 unspecified atom stereocenters. The van der Waals surface area contributed by atoms with Crippen molar-refractivity contribution in [3.8, 4) is 0 Å². The molecular formula is C6H12O8Zn. The second-order valence-electron chi connectivity index (χ2n) is 2.17. The number of carbonyl (C=O) groups excluding carboxylic acids is 2. The van der Waals surface area contributed by atoms with Crippen LogP contribution in [0, 0.1) is 0 Å². The van der Waals surface area contributed by atoms with Crippen molar-refractivity contribution < 1.29 is 59.6 Å². The van der Waals surface area contributed by atoms with Crippen molar-refractivity contribution in [1.29, 1.82) is 0 Å². The van der Waals surface area contributed by atoms with E-state index in [0.717, 1.165) is 0 Å². The van der Waals surface area contributed by atoms with Gasteiger partial charge in [-0.2, -0.15) is 10.5 Å². The molecule has 0 rings (SSSR count). The van der Waals surface area contributed by atoms with E-state index in [1.807, 2.05) is 0 Å². The van der Waals surface area contributed by atoms with Crippen molar-refractivity contribution in [3.05, 3.63) is 0 Å². The second kappa shape index (κ2) is 11.5. The molecule has 15 heavy (non-hydrogen) atoms. The number of carbonyl (C=O) groups is 2. The van der Waals surface area contributed by atoms with Crippen molar-refractivity contribution in [2.45, 2.75) is 26.1 Å². The molecule has 86 valence electrons. The van der Waals surface area contributed by atoms with Crippen LogP contribution in [0.2, 0.25) is 0 Å². The Kier molecular flexibility index (Phi) is 15.2. The first kappa shape index (κ1) is 19.9. The summed E-state index contributed by atoms with van der Waals surface area (Å²) in [5.74, 6) is -2.08. The van der Waals surface area contributed by atoms with Crippen LogP contribution in [0.4, 0.5) is 0 Å². The maximum atomic E-state index is 9.79. The van der Waals surface area contributed by atoms with Gasteiger partial charge in [0.25, 0.3) is 0 Å². The fraction of sp³-hybridized carbons (Fsp3) is 0.667. The minimum Gasteiger partial charge on any atom is -0.382 e. The molecule has 2 atom stereocenters. The number of hydrogen-bond acceptors (Lipinski definition) is 8. The van der Waals surface area contributed by atoms with Gasteiger partial charge in [-0.3, -0.25) is 9.78 Å². The van der Waals surface area contributed by atoms with Gasteiger partial charge in [0.2, 0.25) is 0 Å². The van der Waals surface area contributed by atoms with Gasteiger partial charge in [-0.25, -0.2) is 9.59 Å². The van der Waals surface area contributed by atoms with E-state index >= 15 is 0 Å². The fourth-order valence-corrected chi connectivity index (χ4v) is 0.153. The molecule has 0 amide bonds. The Labute approximate surface area is 98.0 Å². The molecule has 9 heteroatoms. The van der Waals surface area contributed by atoms with Gasteiger partial charge in [0.15, 0.2) is 12.2 Å². The van der Waals surface area contributed by atoms with Crippen LogP contribution >= 0.6 is 0 Å². The Morgan fingerprint density at radius 2 is 1.13 bits per heavy atom. The van der Waals surface area contributed by atoms with Crippen molar-refractivity contribution in [3.63, 3.8) is 0 Å². The number of aliphatic hydroxyl groups excluding tert-OH is 2. The van der Waals surface area contributed by atoms with Gasteiger partial charge in [-0.1, -0.05) is 0 Å². The van der Waals surface area contributed by atoms with Gasteiger partial charge in [0.1, 0.15) is 0 Å². The second-order valence-corrected chi connectivity index (χ2v) is 2.17. The average molecular weight is 278 g/mol. The van der Waals surface area contributed by atoms with Crippen LogP contribution in [-0.2, 0) is 38.8 Å². The summed E-state index contributed by atoms with van der Waals surface area (Å²) in [6, 6.07) is 0. The minimum absolute atomic E-state index is 0. The van der Waals surface area contributed by atoms with E-state index < -0.39 is 24.1 Å². The Balaban J connectivity index is -0.000000180. The van der Waals surface area contributed by atoms with Gasteiger partial charge in [0, 0.05) is 19.5 Å². The Morgan fingerprint density at radius 3 is 1.13 bits per heavy atom. The van der Waals surface area contributed by atoms with Crippen LogP contribution in [-0.4, -0.2) is 44.9 Å². The molecule has 0 aliphatic carbocycles. The molecule has 0 radical (unpaired) electrons. The largest absolute Gasteiger partial charge is 0.382 e. The minimum atomic E-state index is -1.25. The summed E-state index contributed by atoms with van der Waals surface area (Å²) in [7, 11) is 0. The van der Waals surface area contributed by atoms with E-state index in [1.165, 1.54) is 13.8 Å². The van der Waals surface area contributed by atoms with E-state index in [-0.39, 0.29) is 19.5 Å². The molecule has 0 saturated heterocycles. The van der Waals surface area contributed by atoms with Crippen LogP contribution in [0.1, 0.15) is 13.8 Å². The summed E-state index contributed by atoms with van der Waals surface area (Å²) < 4.78 is 0. The number of aliphatic hydroxyl groups is 2. The predicted molar refractivity (Wildman–Crippen MR) is 40.8 cm³/mol. The van der Waals surface area contributed by atoms with Gasteiger partial charge < -0.3 is 10.2 Å². The monoisotopic (exact) mass is 276 g/mol. The molecule has 0 saturated carbocycles. The smallest absolute Gasteiger partial charge is 0.369 e. The van der Waals surface area contributed by atoms with E-state index in [2.05, 4.69) is 9.78 Å². The Morgan fingerprint density at radius 1 is 0.933 bits per heavy atom.